The van der Waals surface area contributed by atoms with Crippen molar-refractivity contribution in [3.8, 4) is 6.07 Å². The Bertz CT molecular complexity index is 452. The van der Waals surface area contributed by atoms with Crippen molar-refractivity contribution in [3.63, 3.8) is 0 Å². The van der Waals surface area contributed by atoms with Crippen molar-refractivity contribution >= 4 is 17.2 Å². The van der Waals surface area contributed by atoms with Crippen LogP contribution in [0.3, 0.4) is 0 Å². The lowest BCUT2D eigenvalue weighted by Crippen LogP contribution is -2.35. The molecule has 1 aromatic rings. The van der Waals surface area contributed by atoms with Gasteiger partial charge in [0.05, 0.1) is 5.56 Å². The molecule has 0 saturated carbocycles. The average molecular weight is 248 g/mol. The number of hydrogen-bond donors (Lipinski definition) is 0. The number of rotatable bonds is 2. The van der Waals surface area contributed by atoms with Gasteiger partial charge in [0, 0.05) is 18.0 Å². The summed E-state index contributed by atoms with van der Waals surface area (Å²) in [5.41, 5.74) is 0.608. The second-order valence-electron chi connectivity index (χ2n) is 4.27. The molecule has 0 radical (unpaired) electrons. The number of amides is 1. The molecule has 0 aromatic carbocycles. The smallest absolute Gasteiger partial charge is 0.256 e. The lowest BCUT2D eigenvalue weighted by Gasteiger charge is -2.26. The Labute approximate surface area is 106 Å². The van der Waals surface area contributed by atoms with Crippen LogP contribution >= 0.6 is 11.3 Å². The third kappa shape index (κ3) is 2.50. The summed E-state index contributed by atoms with van der Waals surface area (Å²) < 4.78 is 0. The Hall–Kier alpha value is -1.34. The molecule has 17 heavy (non-hydrogen) atoms. The highest BCUT2D eigenvalue weighted by molar-refractivity contribution is 7.12. The lowest BCUT2D eigenvalue weighted by molar-refractivity contribution is 0.0724. The molecule has 1 aliphatic heterocycles. The van der Waals surface area contributed by atoms with Gasteiger partial charge in [-0.15, -0.1) is 11.3 Å². The molecule has 3 nitrogen and oxygen atoms in total. The molecule has 2 heterocycles. The fourth-order valence-corrected chi connectivity index (χ4v) is 3.01. The zero-order valence-electron chi connectivity index (χ0n) is 10.0. The molecule has 0 bridgehead atoms. The van der Waals surface area contributed by atoms with Crippen LogP contribution in [0.5, 0.6) is 0 Å². The van der Waals surface area contributed by atoms with E-state index in [9.17, 15) is 4.79 Å². The molecule has 1 fully saturated rings. The van der Waals surface area contributed by atoms with Crippen molar-refractivity contribution in [1.29, 1.82) is 5.26 Å². The van der Waals surface area contributed by atoms with Crippen molar-refractivity contribution in [3.05, 3.63) is 21.4 Å². The van der Waals surface area contributed by atoms with Gasteiger partial charge in [-0.1, -0.05) is 6.92 Å². The van der Waals surface area contributed by atoms with Gasteiger partial charge in [0.1, 0.15) is 10.9 Å². The molecular formula is C13H16N2OS. The minimum Gasteiger partial charge on any atom is -0.339 e. The molecule has 0 N–H and O–H groups in total. The first kappa shape index (κ1) is 12.1. The summed E-state index contributed by atoms with van der Waals surface area (Å²) in [5.74, 6) is 0.0391. The number of nitriles is 1. The van der Waals surface area contributed by atoms with Crippen molar-refractivity contribution in [2.45, 2.75) is 32.6 Å². The molecular weight excluding hydrogens is 232 g/mol. The van der Waals surface area contributed by atoms with Gasteiger partial charge in [-0.2, -0.15) is 5.26 Å². The topological polar surface area (TPSA) is 44.1 Å². The SMILES string of the molecule is CCc1cc(C(=O)N2CCCCC2)c(C#N)s1. The molecule has 90 valence electrons. The van der Waals surface area contributed by atoms with Crippen molar-refractivity contribution in [2.75, 3.05) is 13.1 Å². The Balaban J connectivity index is 2.23. The number of piperidine rings is 1. The number of hydrogen-bond acceptors (Lipinski definition) is 3. The number of aryl methyl sites for hydroxylation is 1. The van der Waals surface area contributed by atoms with E-state index in [2.05, 4.69) is 6.07 Å². The fraction of sp³-hybridized carbons (Fsp3) is 0.538. The van der Waals surface area contributed by atoms with Gasteiger partial charge in [-0.05, 0) is 31.7 Å². The summed E-state index contributed by atoms with van der Waals surface area (Å²) in [7, 11) is 0. The van der Waals surface area contributed by atoms with E-state index in [1.165, 1.54) is 17.8 Å². The molecule has 2 rings (SSSR count). The molecule has 1 saturated heterocycles. The van der Waals surface area contributed by atoms with Gasteiger partial charge in [0.25, 0.3) is 5.91 Å². The number of carbonyl (C=O) groups is 1. The van der Waals surface area contributed by atoms with Crippen LogP contribution in [0.2, 0.25) is 0 Å². The van der Waals surface area contributed by atoms with E-state index in [1.807, 2.05) is 17.9 Å². The van der Waals surface area contributed by atoms with E-state index in [1.54, 1.807) is 0 Å². The molecule has 1 aromatic heterocycles. The Morgan fingerprint density at radius 2 is 2.18 bits per heavy atom. The van der Waals surface area contributed by atoms with Gasteiger partial charge in [-0.25, -0.2) is 0 Å². The highest BCUT2D eigenvalue weighted by Gasteiger charge is 2.22. The third-order valence-corrected chi connectivity index (χ3v) is 4.29. The van der Waals surface area contributed by atoms with E-state index in [0.29, 0.717) is 10.4 Å². The van der Waals surface area contributed by atoms with Gasteiger partial charge in [0.15, 0.2) is 0 Å². The first-order chi connectivity index (χ1) is 8.26. The van der Waals surface area contributed by atoms with Gasteiger partial charge in [0.2, 0.25) is 0 Å². The molecule has 0 atom stereocenters. The largest absolute Gasteiger partial charge is 0.339 e. The number of thiophene rings is 1. The molecule has 0 unspecified atom stereocenters. The van der Waals surface area contributed by atoms with Gasteiger partial charge < -0.3 is 4.90 Å². The number of nitrogens with zero attached hydrogens (tertiary/aromatic N) is 2. The standard InChI is InChI=1S/C13H16N2OS/c1-2-10-8-11(12(9-14)17-10)13(16)15-6-4-3-5-7-15/h8H,2-7H2,1H3. The monoisotopic (exact) mass is 248 g/mol. The summed E-state index contributed by atoms with van der Waals surface area (Å²) >= 11 is 1.44. The molecule has 0 aliphatic carbocycles. The first-order valence-electron chi connectivity index (χ1n) is 6.08. The van der Waals surface area contributed by atoms with Crippen molar-refractivity contribution in [2.24, 2.45) is 0 Å². The van der Waals surface area contributed by atoms with Gasteiger partial charge in [-0.3, -0.25) is 4.79 Å². The zero-order valence-corrected chi connectivity index (χ0v) is 10.8. The van der Waals surface area contributed by atoms with Crippen LogP contribution in [-0.4, -0.2) is 23.9 Å². The summed E-state index contributed by atoms with van der Waals surface area (Å²) in [6, 6.07) is 4.03. The van der Waals surface area contributed by atoms with E-state index in [4.69, 9.17) is 5.26 Å². The highest BCUT2D eigenvalue weighted by Crippen LogP contribution is 2.24. The fourth-order valence-electron chi connectivity index (χ4n) is 2.13. The van der Waals surface area contributed by atoms with Crippen LogP contribution in [-0.2, 0) is 6.42 Å². The van der Waals surface area contributed by atoms with E-state index in [0.717, 1.165) is 37.2 Å². The Morgan fingerprint density at radius 3 is 2.76 bits per heavy atom. The summed E-state index contributed by atoms with van der Waals surface area (Å²) in [5, 5.41) is 9.06. The maximum Gasteiger partial charge on any atom is 0.256 e. The molecule has 4 heteroatoms. The van der Waals surface area contributed by atoms with Crippen LogP contribution < -0.4 is 0 Å². The van der Waals surface area contributed by atoms with Crippen LogP contribution in [0.25, 0.3) is 0 Å². The highest BCUT2D eigenvalue weighted by atomic mass is 32.1. The van der Waals surface area contributed by atoms with Crippen LogP contribution in [0.1, 0.15) is 46.3 Å². The second kappa shape index (κ2) is 5.33. The van der Waals surface area contributed by atoms with Crippen LogP contribution in [0.4, 0.5) is 0 Å². The molecule has 1 amide bonds. The normalized spacial score (nSPS) is 15.6. The minimum absolute atomic E-state index is 0.0391. The summed E-state index contributed by atoms with van der Waals surface area (Å²) in [4.78, 5) is 15.9. The third-order valence-electron chi connectivity index (χ3n) is 3.11. The van der Waals surface area contributed by atoms with Crippen LogP contribution in [0, 0.1) is 11.3 Å². The summed E-state index contributed by atoms with van der Waals surface area (Å²) in [6.07, 6.45) is 4.25. The zero-order chi connectivity index (χ0) is 12.3. The van der Waals surface area contributed by atoms with Crippen molar-refractivity contribution < 1.29 is 4.79 Å². The quantitative estimate of drug-likeness (QED) is 0.807. The van der Waals surface area contributed by atoms with E-state index < -0.39 is 0 Å². The first-order valence-corrected chi connectivity index (χ1v) is 6.90. The Morgan fingerprint density at radius 1 is 1.47 bits per heavy atom. The molecule has 1 aliphatic rings. The van der Waals surface area contributed by atoms with Gasteiger partial charge >= 0.3 is 0 Å². The Kier molecular flexibility index (Phi) is 3.80. The second-order valence-corrected chi connectivity index (χ2v) is 5.41. The number of likely N-dealkylation sites (tertiary alicyclic amines) is 1. The molecule has 0 spiro atoms. The minimum atomic E-state index is 0.0391. The van der Waals surface area contributed by atoms with E-state index >= 15 is 0 Å². The lowest BCUT2D eigenvalue weighted by atomic mass is 10.1. The van der Waals surface area contributed by atoms with Crippen LogP contribution in [0.15, 0.2) is 6.07 Å². The number of carbonyl (C=O) groups excluding carboxylic acids is 1. The predicted molar refractivity (Wildman–Crippen MR) is 68.2 cm³/mol. The van der Waals surface area contributed by atoms with Crippen molar-refractivity contribution in [1.82, 2.24) is 4.90 Å². The average Bonchev–Trinajstić information content (AvgIpc) is 2.82. The summed E-state index contributed by atoms with van der Waals surface area (Å²) in [6.45, 7) is 3.71. The predicted octanol–water partition coefficient (Wildman–Crippen LogP) is 2.81. The maximum atomic E-state index is 12.3. The maximum absolute atomic E-state index is 12.3. The van der Waals surface area contributed by atoms with E-state index in [-0.39, 0.29) is 5.91 Å².